The number of anilines is 1. The molecule has 0 spiro atoms. The molecule has 2 aliphatic rings. The number of hydrogen-bond acceptors (Lipinski definition) is 6. The van der Waals surface area contributed by atoms with Gasteiger partial charge in [0, 0.05) is 32.2 Å². The molecule has 2 aliphatic heterocycles. The molecule has 2 saturated heterocycles. The standard InChI is InChI=1S/C16H22N4OS/c1-11-7-20(8-13(11)19-3-5-21-6-4-19)16-15-14(17-10-18-16)12(2)9-22-15/h9-11,13H,3-8H2,1-2H3/t11-,13-/m1/s1. The molecule has 118 valence electrons. The van der Waals surface area contributed by atoms with Gasteiger partial charge in [-0.3, -0.25) is 4.90 Å². The lowest BCUT2D eigenvalue weighted by Gasteiger charge is -2.34. The van der Waals surface area contributed by atoms with Gasteiger partial charge in [0.05, 0.1) is 23.4 Å². The van der Waals surface area contributed by atoms with E-state index in [0.29, 0.717) is 12.0 Å². The van der Waals surface area contributed by atoms with Crippen molar-refractivity contribution >= 4 is 27.4 Å². The molecule has 22 heavy (non-hydrogen) atoms. The molecule has 4 heterocycles. The summed E-state index contributed by atoms with van der Waals surface area (Å²) in [6.45, 7) is 10.5. The first kappa shape index (κ1) is 14.4. The third-order valence-electron chi connectivity index (χ3n) is 4.90. The third kappa shape index (κ3) is 2.39. The van der Waals surface area contributed by atoms with Crippen LogP contribution in [0, 0.1) is 12.8 Å². The van der Waals surface area contributed by atoms with Crippen molar-refractivity contribution in [3.8, 4) is 0 Å². The summed E-state index contributed by atoms with van der Waals surface area (Å²) in [6, 6.07) is 0.606. The maximum atomic E-state index is 5.49. The SMILES string of the molecule is Cc1csc2c(N3C[C@@H](C)[C@H](N4CCOCC4)C3)ncnc12. The van der Waals surface area contributed by atoms with Crippen molar-refractivity contribution in [1.29, 1.82) is 0 Å². The van der Waals surface area contributed by atoms with E-state index in [1.807, 2.05) is 0 Å². The molecule has 0 unspecified atom stereocenters. The predicted molar refractivity (Wildman–Crippen MR) is 89.7 cm³/mol. The van der Waals surface area contributed by atoms with Crippen molar-refractivity contribution in [1.82, 2.24) is 14.9 Å². The number of aryl methyl sites for hydroxylation is 1. The molecule has 0 aliphatic carbocycles. The molecule has 2 aromatic rings. The number of thiophene rings is 1. The van der Waals surface area contributed by atoms with Crippen molar-refractivity contribution in [2.24, 2.45) is 5.92 Å². The van der Waals surface area contributed by atoms with Crippen molar-refractivity contribution in [3.05, 3.63) is 17.3 Å². The Morgan fingerprint density at radius 1 is 1.23 bits per heavy atom. The summed E-state index contributed by atoms with van der Waals surface area (Å²) in [4.78, 5) is 14.1. The van der Waals surface area contributed by atoms with Crippen molar-refractivity contribution < 1.29 is 4.74 Å². The zero-order valence-corrected chi connectivity index (χ0v) is 14.0. The van der Waals surface area contributed by atoms with E-state index in [9.17, 15) is 0 Å². The summed E-state index contributed by atoms with van der Waals surface area (Å²) in [6.07, 6.45) is 1.71. The van der Waals surface area contributed by atoms with Crippen LogP contribution in [0.2, 0.25) is 0 Å². The highest BCUT2D eigenvalue weighted by Gasteiger charge is 2.35. The van der Waals surface area contributed by atoms with Gasteiger partial charge in [-0.05, 0) is 23.8 Å². The molecule has 0 aromatic carbocycles. The van der Waals surface area contributed by atoms with Gasteiger partial charge in [-0.1, -0.05) is 6.92 Å². The molecule has 6 heteroatoms. The van der Waals surface area contributed by atoms with Gasteiger partial charge < -0.3 is 9.64 Å². The lowest BCUT2D eigenvalue weighted by Crippen LogP contribution is -2.46. The molecule has 2 aromatic heterocycles. The molecule has 0 N–H and O–H groups in total. The number of morpholine rings is 1. The quantitative estimate of drug-likeness (QED) is 0.849. The topological polar surface area (TPSA) is 41.5 Å². The average molecular weight is 318 g/mol. The van der Waals surface area contributed by atoms with Gasteiger partial charge in [0.15, 0.2) is 0 Å². The van der Waals surface area contributed by atoms with Gasteiger partial charge in [-0.2, -0.15) is 0 Å². The van der Waals surface area contributed by atoms with Gasteiger partial charge in [-0.25, -0.2) is 9.97 Å². The summed E-state index contributed by atoms with van der Waals surface area (Å²) in [7, 11) is 0. The largest absolute Gasteiger partial charge is 0.379 e. The monoisotopic (exact) mass is 318 g/mol. The van der Waals surface area contributed by atoms with Crippen LogP contribution in [0.1, 0.15) is 12.5 Å². The normalized spacial score (nSPS) is 26.9. The second-order valence-corrected chi connectivity index (χ2v) is 7.27. The fourth-order valence-corrected chi connectivity index (χ4v) is 4.71. The van der Waals surface area contributed by atoms with E-state index in [1.165, 1.54) is 10.3 Å². The van der Waals surface area contributed by atoms with Crippen LogP contribution in [0.4, 0.5) is 5.82 Å². The second kappa shape index (κ2) is 5.76. The second-order valence-electron chi connectivity index (χ2n) is 6.39. The minimum absolute atomic E-state index is 0.606. The van der Waals surface area contributed by atoms with E-state index in [2.05, 4.69) is 39.0 Å². The molecule has 0 amide bonds. The summed E-state index contributed by atoms with van der Waals surface area (Å²) >= 11 is 1.77. The van der Waals surface area contributed by atoms with E-state index >= 15 is 0 Å². The number of hydrogen-bond donors (Lipinski definition) is 0. The molecular weight excluding hydrogens is 296 g/mol. The zero-order chi connectivity index (χ0) is 15.1. The van der Waals surface area contributed by atoms with Gasteiger partial charge in [-0.15, -0.1) is 11.3 Å². The third-order valence-corrected chi connectivity index (χ3v) is 5.98. The molecule has 0 radical (unpaired) electrons. The van der Waals surface area contributed by atoms with Gasteiger partial charge in [0.2, 0.25) is 0 Å². The summed E-state index contributed by atoms with van der Waals surface area (Å²) < 4.78 is 6.72. The van der Waals surface area contributed by atoms with E-state index in [1.54, 1.807) is 17.7 Å². The smallest absolute Gasteiger partial charge is 0.150 e. The molecule has 4 rings (SSSR count). The van der Waals surface area contributed by atoms with E-state index in [0.717, 1.165) is 50.7 Å². The van der Waals surface area contributed by atoms with Gasteiger partial charge in [0.25, 0.3) is 0 Å². The lowest BCUT2D eigenvalue weighted by molar-refractivity contribution is 0.0134. The summed E-state index contributed by atoms with van der Waals surface area (Å²) in [5.41, 5.74) is 2.36. The summed E-state index contributed by atoms with van der Waals surface area (Å²) in [5.74, 6) is 1.77. The highest BCUT2D eigenvalue weighted by Crippen LogP contribution is 2.34. The average Bonchev–Trinajstić information content (AvgIpc) is 3.12. The van der Waals surface area contributed by atoms with Crippen LogP contribution < -0.4 is 4.90 Å². The fraction of sp³-hybridized carbons (Fsp3) is 0.625. The molecular formula is C16H22N4OS. The Labute approximate surface area is 134 Å². The Hall–Kier alpha value is -1.24. The minimum Gasteiger partial charge on any atom is -0.379 e. The molecule has 0 saturated carbocycles. The van der Waals surface area contributed by atoms with Crippen molar-refractivity contribution in [3.63, 3.8) is 0 Å². The van der Waals surface area contributed by atoms with Crippen LogP contribution >= 0.6 is 11.3 Å². The lowest BCUT2D eigenvalue weighted by atomic mass is 10.0. The Bertz CT molecular complexity index is 667. The van der Waals surface area contributed by atoms with Gasteiger partial charge >= 0.3 is 0 Å². The van der Waals surface area contributed by atoms with Gasteiger partial charge in [0.1, 0.15) is 12.1 Å². The molecule has 2 atom stereocenters. The Kier molecular flexibility index (Phi) is 3.76. The summed E-state index contributed by atoms with van der Waals surface area (Å²) in [5, 5.41) is 2.18. The van der Waals surface area contributed by atoms with Crippen LogP contribution in [0.25, 0.3) is 10.2 Å². The minimum atomic E-state index is 0.606. The van der Waals surface area contributed by atoms with Crippen LogP contribution in [0.15, 0.2) is 11.7 Å². The highest BCUT2D eigenvalue weighted by molar-refractivity contribution is 7.18. The number of aromatic nitrogens is 2. The number of rotatable bonds is 2. The van der Waals surface area contributed by atoms with E-state index in [-0.39, 0.29) is 0 Å². The first-order chi connectivity index (χ1) is 10.7. The van der Waals surface area contributed by atoms with Crippen LogP contribution in [0.5, 0.6) is 0 Å². The zero-order valence-electron chi connectivity index (χ0n) is 13.2. The van der Waals surface area contributed by atoms with Crippen molar-refractivity contribution in [2.45, 2.75) is 19.9 Å². The van der Waals surface area contributed by atoms with Crippen LogP contribution in [-0.2, 0) is 4.74 Å². The Balaban J connectivity index is 1.60. The number of nitrogens with zero attached hydrogens (tertiary/aromatic N) is 4. The van der Waals surface area contributed by atoms with E-state index in [4.69, 9.17) is 4.74 Å². The number of fused-ring (bicyclic) bond motifs is 1. The highest BCUT2D eigenvalue weighted by atomic mass is 32.1. The molecule has 5 nitrogen and oxygen atoms in total. The maximum Gasteiger partial charge on any atom is 0.150 e. The predicted octanol–water partition coefficient (Wildman–Crippen LogP) is 2.16. The maximum absolute atomic E-state index is 5.49. The fourth-order valence-electron chi connectivity index (χ4n) is 3.69. The van der Waals surface area contributed by atoms with E-state index < -0.39 is 0 Å². The first-order valence-corrected chi connectivity index (χ1v) is 8.87. The van der Waals surface area contributed by atoms with Crippen LogP contribution in [-0.4, -0.2) is 60.3 Å². The van der Waals surface area contributed by atoms with Crippen molar-refractivity contribution in [2.75, 3.05) is 44.3 Å². The first-order valence-electron chi connectivity index (χ1n) is 7.99. The van der Waals surface area contributed by atoms with Crippen LogP contribution in [0.3, 0.4) is 0 Å². The molecule has 0 bridgehead atoms. The Morgan fingerprint density at radius 2 is 2.05 bits per heavy atom. The molecule has 2 fully saturated rings. The number of ether oxygens (including phenoxy) is 1. The Morgan fingerprint density at radius 3 is 2.86 bits per heavy atom.